The van der Waals surface area contributed by atoms with E-state index in [4.69, 9.17) is 19.9 Å². The minimum atomic E-state index is -0.761. The summed E-state index contributed by atoms with van der Waals surface area (Å²) in [7, 11) is 0. The van der Waals surface area contributed by atoms with E-state index in [0.29, 0.717) is 41.6 Å². The number of nitrogens with zero attached hydrogens (tertiary/aromatic N) is 2. The van der Waals surface area contributed by atoms with Crippen LogP contribution < -0.4 is 5.73 Å². The lowest BCUT2D eigenvalue weighted by Gasteiger charge is -2.22. The first-order chi connectivity index (χ1) is 16.9. The lowest BCUT2D eigenvalue weighted by molar-refractivity contribution is -0.130. The first kappa shape index (κ1) is 23.3. The third-order valence-electron chi connectivity index (χ3n) is 5.95. The highest BCUT2D eigenvalue weighted by Gasteiger charge is 2.42. The van der Waals surface area contributed by atoms with E-state index >= 15 is 0 Å². The second-order valence-corrected chi connectivity index (χ2v) is 9.32. The van der Waals surface area contributed by atoms with Crippen LogP contribution in [-0.4, -0.2) is 28.4 Å². The van der Waals surface area contributed by atoms with Crippen molar-refractivity contribution in [2.45, 2.75) is 25.7 Å². The van der Waals surface area contributed by atoms with Gasteiger partial charge < -0.3 is 19.8 Å². The van der Waals surface area contributed by atoms with Gasteiger partial charge in [-0.05, 0) is 79.6 Å². The maximum Gasteiger partial charge on any atom is 0.253 e. The fourth-order valence-electron chi connectivity index (χ4n) is 4.07. The standard InChI is InChI=1S/C27H23BrFN3O3/c1-16-26(33)32(15-14-17-2-12-22(30)13-3-17)27(34-16)24-23(18-6-10-21(29)11-7-18)31-25(35-24)19-4-8-20(28)9-5-19/h2-13,16,27H,14-15,30H2,1H3/t16-,27-/m1/s1. The molecule has 178 valence electrons. The summed E-state index contributed by atoms with van der Waals surface area (Å²) < 4.78 is 26.9. The van der Waals surface area contributed by atoms with E-state index in [9.17, 15) is 9.18 Å². The van der Waals surface area contributed by atoms with Gasteiger partial charge in [-0.1, -0.05) is 28.1 Å². The number of rotatable bonds is 6. The summed E-state index contributed by atoms with van der Waals surface area (Å²) >= 11 is 3.44. The van der Waals surface area contributed by atoms with Gasteiger partial charge in [0.1, 0.15) is 17.6 Å². The van der Waals surface area contributed by atoms with Gasteiger partial charge in [0.2, 0.25) is 5.89 Å². The minimum absolute atomic E-state index is 0.128. The number of nitrogen functional groups attached to an aromatic ring is 1. The van der Waals surface area contributed by atoms with Crippen molar-refractivity contribution in [3.63, 3.8) is 0 Å². The Morgan fingerprint density at radius 1 is 1.00 bits per heavy atom. The molecule has 8 heteroatoms. The van der Waals surface area contributed by atoms with Crippen molar-refractivity contribution in [3.8, 4) is 22.7 Å². The van der Waals surface area contributed by atoms with Gasteiger partial charge in [0.25, 0.3) is 5.91 Å². The van der Waals surface area contributed by atoms with Gasteiger partial charge in [-0.25, -0.2) is 9.37 Å². The molecule has 2 N–H and O–H groups in total. The van der Waals surface area contributed by atoms with Crippen LogP contribution >= 0.6 is 15.9 Å². The third kappa shape index (κ3) is 4.85. The molecule has 1 fully saturated rings. The number of anilines is 1. The van der Waals surface area contributed by atoms with Gasteiger partial charge in [0.15, 0.2) is 12.0 Å². The fourth-order valence-corrected chi connectivity index (χ4v) is 4.33. The van der Waals surface area contributed by atoms with Crippen molar-refractivity contribution >= 4 is 27.5 Å². The first-order valence-electron chi connectivity index (χ1n) is 11.2. The first-order valence-corrected chi connectivity index (χ1v) is 12.0. The zero-order chi connectivity index (χ0) is 24.5. The Balaban J connectivity index is 1.53. The SMILES string of the molecule is C[C@H]1O[C@H](c2oc(-c3ccc(Br)cc3)nc2-c2ccc(F)cc2)N(CCc2ccc(N)cc2)C1=O. The fraction of sp³-hybridized carbons (Fsp3) is 0.185. The van der Waals surface area contributed by atoms with Crippen molar-refractivity contribution in [2.24, 2.45) is 0 Å². The molecule has 1 aromatic heterocycles. The average molecular weight is 536 g/mol. The predicted molar refractivity (Wildman–Crippen MR) is 135 cm³/mol. The van der Waals surface area contributed by atoms with Crippen LogP contribution in [0, 0.1) is 5.82 Å². The molecule has 5 rings (SSSR count). The Kier molecular flexibility index (Phi) is 6.40. The number of ether oxygens (including phenoxy) is 1. The highest BCUT2D eigenvalue weighted by molar-refractivity contribution is 9.10. The van der Waals surface area contributed by atoms with Crippen LogP contribution in [0.1, 0.15) is 24.5 Å². The molecule has 1 saturated heterocycles. The summed E-state index contributed by atoms with van der Waals surface area (Å²) in [6.07, 6.45) is -0.769. The van der Waals surface area contributed by atoms with Crippen molar-refractivity contribution in [2.75, 3.05) is 12.3 Å². The molecular weight excluding hydrogens is 513 g/mol. The number of hydrogen-bond donors (Lipinski definition) is 1. The molecule has 0 spiro atoms. The van der Waals surface area contributed by atoms with Gasteiger partial charge in [-0.15, -0.1) is 0 Å². The average Bonchev–Trinajstić information content (AvgIpc) is 3.41. The van der Waals surface area contributed by atoms with Crippen molar-refractivity contribution < 1.29 is 18.3 Å². The van der Waals surface area contributed by atoms with E-state index in [1.807, 2.05) is 48.5 Å². The van der Waals surface area contributed by atoms with Crippen LogP contribution in [0.3, 0.4) is 0 Å². The maximum atomic E-state index is 13.6. The molecule has 2 heterocycles. The van der Waals surface area contributed by atoms with Crippen LogP contribution in [-0.2, 0) is 16.0 Å². The van der Waals surface area contributed by atoms with Gasteiger partial charge in [0, 0.05) is 27.8 Å². The van der Waals surface area contributed by atoms with Crippen LogP contribution in [0.4, 0.5) is 10.1 Å². The van der Waals surface area contributed by atoms with E-state index in [1.165, 1.54) is 12.1 Å². The number of carbonyl (C=O) groups excluding carboxylic acids is 1. The zero-order valence-electron chi connectivity index (χ0n) is 18.9. The van der Waals surface area contributed by atoms with E-state index in [-0.39, 0.29) is 11.7 Å². The molecule has 2 atom stereocenters. The number of aromatic nitrogens is 1. The molecular formula is C27H23BrFN3O3. The number of oxazole rings is 1. The predicted octanol–water partition coefficient (Wildman–Crippen LogP) is 5.98. The molecule has 0 radical (unpaired) electrons. The number of carbonyl (C=O) groups is 1. The van der Waals surface area contributed by atoms with Crippen molar-refractivity contribution in [1.82, 2.24) is 9.88 Å². The van der Waals surface area contributed by atoms with E-state index in [1.54, 1.807) is 24.0 Å². The van der Waals surface area contributed by atoms with Crippen LogP contribution in [0.2, 0.25) is 0 Å². The molecule has 0 aliphatic carbocycles. The monoisotopic (exact) mass is 535 g/mol. The van der Waals surface area contributed by atoms with E-state index in [2.05, 4.69) is 15.9 Å². The Morgan fingerprint density at radius 2 is 1.66 bits per heavy atom. The van der Waals surface area contributed by atoms with E-state index < -0.39 is 12.3 Å². The summed E-state index contributed by atoms with van der Waals surface area (Å²) in [5.74, 6) is 0.320. The summed E-state index contributed by atoms with van der Waals surface area (Å²) in [5, 5.41) is 0. The van der Waals surface area contributed by atoms with Crippen LogP contribution in [0.5, 0.6) is 0 Å². The molecule has 0 unspecified atom stereocenters. The second kappa shape index (κ2) is 9.64. The lowest BCUT2D eigenvalue weighted by atomic mass is 10.1. The summed E-state index contributed by atoms with van der Waals surface area (Å²) in [6.45, 7) is 2.15. The lowest BCUT2D eigenvalue weighted by Crippen LogP contribution is -2.32. The molecule has 6 nitrogen and oxygen atoms in total. The number of hydrogen-bond acceptors (Lipinski definition) is 5. The van der Waals surface area contributed by atoms with Crippen molar-refractivity contribution in [3.05, 3.63) is 94.4 Å². The zero-order valence-corrected chi connectivity index (χ0v) is 20.5. The minimum Gasteiger partial charge on any atom is -0.436 e. The second-order valence-electron chi connectivity index (χ2n) is 8.40. The van der Waals surface area contributed by atoms with Gasteiger partial charge >= 0.3 is 0 Å². The largest absolute Gasteiger partial charge is 0.436 e. The number of halogens is 2. The van der Waals surface area contributed by atoms with E-state index in [0.717, 1.165) is 15.6 Å². The Hall–Kier alpha value is -3.49. The molecule has 0 saturated carbocycles. The molecule has 1 amide bonds. The molecule has 1 aliphatic rings. The topological polar surface area (TPSA) is 81.6 Å². The van der Waals surface area contributed by atoms with Gasteiger partial charge in [-0.2, -0.15) is 0 Å². The third-order valence-corrected chi connectivity index (χ3v) is 6.48. The smallest absolute Gasteiger partial charge is 0.253 e. The van der Waals surface area contributed by atoms with Crippen LogP contribution in [0.25, 0.3) is 22.7 Å². The maximum absolute atomic E-state index is 13.6. The quantitative estimate of drug-likeness (QED) is 0.307. The van der Waals surface area contributed by atoms with Crippen molar-refractivity contribution in [1.29, 1.82) is 0 Å². The summed E-state index contributed by atoms with van der Waals surface area (Å²) in [6, 6.07) is 21.1. The number of amides is 1. The number of nitrogens with two attached hydrogens (primary N) is 1. The molecule has 35 heavy (non-hydrogen) atoms. The number of benzene rings is 3. The molecule has 1 aliphatic heterocycles. The Morgan fingerprint density at radius 3 is 2.34 bits per heavy atom. The normalized spacial score (nSPS) is 17.8. The summed E-state index contributed by atoms with van der Waals surface area (Å²) in [5.41, 5.74) is 9.48. The van der Waals surface area contributed by atoms with Crippen LogP contribution in [0.15, 0.2) is 81.7 Å². The highest BCUT2D eigenvalue weighted by Crippen LogP contribution is 2.39. The molecule has 4 aromatic rings. The Bertz CT molecular complexity index is 1340. The molecule has 3 aromatic carbocycles. The Labute approximate surface area is 210 Å². The highest BCUT2D eigenvalue weighted by atomic mass is 79.9. The molecule has 0 bridgehead atoms. The summed E-state index contributed by atoms with van der Waals surface area (Å²) in [4.78, 5) is 19.4. The van der Waals surface area contributed by atoms with Gasteiger partial charge in [-0.3, -0.25) is 4.79 Å². The van der Waals surface area contributed by atoms with Gasteiger partial charge in [0.05, 0.1) is 0 Å².